The minimum absolute atomic E-state index is 0.205. The summed E-state index contributed by atoms with van der Waals surface area (Å²) in [7, 11) is 2.21. The number of nitrogen functional groups attached to an aromatic ring is 1. The van der Waals surface area contributed by atoms with Crippen molar-refractivity contribution in [2.24, 2.45) is 0 Å². The summed E-state index contributed by atoms with van der Waals surface area (Å²) >= 11 is 0. The van der Waals surface area contributed by atoms with Crippen molar-refractivity contribution in [1.82, 2.24) is 20.4 Å². The van der Waals surface area contributed by atoms with Crippen molar-refractivity contribution in [1.29, 1.82) is 0 Å². The number of hydrogen-bond acceptors (Lipinski definition) is 8. The van der Waals surface area contributed by atoms with Crippen LogP contribution in [0.4, 0.5) is 11.5 Å². The Labute approximate surface area is 171 Å². The van der Waals surface area contributed by atoms with Crippen LogP contribution < -0.4 is 16.0 Å². The molecule has 8 nitrogen and oxygen atoms in total. The van der Waals surface area contributed by atoms with E-state index < -0.39 is 0 Å². The Balaban J connectivity index is 0.000000294. The van der Waals surface area contributed by atoms with E-state index in [4.69, 9.17) is 10.5 Å². The number of rotatable bonds is 2. The highest BCUT2D eigenvalue weighted by atomic mass is 16.5. The number of piperazine rings is 1. The summed E-state index contributed by atoms with van der Waals surface area (Å²) in [6, 6.07) is 10.3. The monoisotopic (exact) mass is 398 g/mol. The van der Waals surface area contributed by atoms with E-state index >= 15 is 0 Å². The van der Waals surface area contributed by atoms with Gasteiger partial charge in [-0.25, -0.2) is 0 Å². The molecule has 2 aromatic rings. The van der Waals surface area contributed by atoms with E-state index in [9.17, 15) is 5.11 Å². The smallest absolute Gasteiger partial charge is 0.169 e. The number of nitrogens with two attached hydrogens (primary N) is 1. The zero-order valence-electron chi connectivity index (χ0n) is 16.9. The molecule has 2 atom stereocenters. The van der Waals surface area contributed by atoms with Gasteiger partial charge in [0.05, 0.1) is 24.6 Å². The molecule has 0 saturated carbocycles. The fourth-order valence-electron chi connectivity index (χ4n) is 4.29. The van der Waals surface area contributed by atoms with Gasteiger partial charge in [0.1, 0.15) is 5.75 Å². The summed E-state index contributed by atoms with van der Waals surface area (Å²) in [5.74, 6) is 0.657. The first kappa shape index (κ1) is 19.9. The first-order valence-electron chi connectivity index (χ1n) is 10.3. The molecule has 1 aromatic carbocycles. The summed E-state index contributed by atoms with van der Waals surface area (Å²) in [6.07, 6.45) is 2.48. The van der Waals surface area contributed by atoms with Gasteiger partial charge in [0.15, 0.2) is 5.82 Å². The van der Waals surface area contributed by atoms with Crippen molar-refractivity contribution in [2.45, 2.75) is 24.9 Å². The number of ether oxygens (including phenoxy) is 1. The number of morpholine rings is 1. The van der Waals surface area contributed by atoms with Gasteiger partial charge >= 0.3 is 0 Å². The minimum Gasteiger partial charge on any atom is -0.507 e. The van der Waals surface area contributed by atoms with E-state index in [1.54, 1.807) is 12.1 Å². The van der Waals surface area contributed by atoms with Crippen LogP contribution in [-0.2, 0) is 4.74 Å². The lowest BCUT2D eigenvalue weighted by molar-refractivity contribution is 0.109. The van der Waals surface area contributed by atoms with Gasteiger partial charge in [0.25, 0.3) is 0 Å². The minimum atomic E-state index is 0.205. The van der Waals surface area contributed by atoms with E-state index in [2.05, 4.69) is 32.4 Å². The van der Waals surface area contributed by atoms with Crippen LogP contribution in [0.2, 0.25) is 0 Å². The van der Waals surface area contributed by atoms with Crippen LogP contribution in [0.3, 0.4) is 0 Å². The Bertz CT molecular complexity index is 803. The van der Waals surface area contributed by atoms with Crippen LogP contribution in [0.25, 0.3) is 11.3 Å². The Morgan fingerprint density at radius 1 is 1.10 bits per heavy atom. The van der Waals surface area contributed by atoms with Gasteiger partial charge in [-0.05, 0) is 38.1 Å². The highest BCUT2D eigenvalue weighted by molar-refractivity contribution is 5.74. The number of likely N-dealkylation sites (N-methyl/N-ethyl adjacent to an activating group) is 1. The molecular formula is C21H30N6O2. The van der Waals surface area contributed by atoms with Gasteiger partial charge in [0, 0.05) is 43.8 Å². The molecule has 4 heterocycles. The Morgan fingerprint density at radius 3 is 2.38 bits per heavy atom. The molecule has 29 heavy (non-hydrogen) atoms. The lowest BCUT2D eigenvalue weighted by Gasteiger charge is -2.40. The first-order chi connectivity index (χ1) is 14.1. The second-order valence-corrected chi connectivity index (χ2v) is 7.84. The third kappa shape index (κ3) is 4.44. The van der Waals surface area contributed by atoms with Crippen molar-refractivity contribution in [3.63, 3.8) is 0 Å². The number of hydrogen-bond donors (Lipinski definition) is 3. The number of nitrogens with zero attached hydrogens (tertiary/aromatic N) is 4. The number of benzene rings is 1. The molecule has 3 aliphatic heterocycles. The third-order valence-electron chi connectivity index (χ3n) is 6.02. The average molecular weight is 399 g/mol. The SMILES string of the molecule is C1COCCN1.CN1C2CCC1CN(c1cc(-c3ccccc3O)nnc1N)C2. The van der Waals surface area contributed by atoms with Crippen LogP contribution in [-0.4, -0.2) is 78.7 Å². The molecule has 3 saturated heterocycles. The maximum absolute atomic E-state index is 10.0. The molecule has 3 aliphatic rings. The normalized spacial score (nSPS) is 24.1. The van der Waals surface area contributed by atoms with E-state index in [0.717, 1.165) is 45.1 Å². The topological polar surface area (TPSA) is 99.8 Å². The second-order valence-electron chi connectivity index (χ2n) is 7.84. The first-order valence-corrected chi connectivity index (χ1v) is 10.3. The molecule has 0 radical (unpaired) electrons. The third-order valence-corrected chi connectivity index (χ3v) is 6.02. The predicted molar refractivity (Wildman–Crippen MR) is 114 cm³/mol. The summed E-state index contributed by atoms with van der Waals surface area (Å²) in [6.45, 7) is 5.76. The van der Waals surface area contributed by atoms with E-state index in [-0.39, 0.29) is 5.75 Å². The van der Waals surface area contributed by atoms with Gasteiger partial charge in [0.2, 0.25) is 0 Å². The quantitative estimate of drug-likeness (QED) is 0.697. The van der Waals surface area contributed by atoms with E-state index in [1.165, 1.54) is 12.8 Å². The largest absolute Gasteiger partial charge is 0.507 e. The number of anilines is 2. The number of aromatic hydroxyl groups is 1. The summed E-state index contributed by atoms with van der Waals surface area (Å²) in [5, 5.41) is 21.5. The molecule has 2 bridgehead atoms. The molecule has 2 unspecified atom stereocenters. The fraction of sp³-hybridized carbons (Fsp3) is 0.524. The molecular weight excluding hydrogens is 368 g/mol. The average Bonchev–Trinajstić information content (AvgIpc) is 2.96. The summed E-state index contributed by atoms with van der Waals surface area (Å²) in [4.78, 5) is 4.79. The van der Waals surface area contributed by atoms with Crippen molar-refractivity contribution in [2.75, 3.05) is 57.1 Å². The van der Waals surface area contributed by atoms with Crippen LogP contribution in [0.1, 0.15) is 12.8 Å². The number of aromatic nitrogens is 2. The molecule has 0 amide bonds. The van der Waals surface area contributed by atoms with E-state index in [1.807, 2.05) is 18.2 Å². The zero-order chi connectivity index (χ0) is 20.2. The Hall–Kier alpha value is -2.42. The van der Waals surface area contributed by atoms with Crippen molar-refractivity contribution < 1.29 is 9.84 Å². The van der Waals surface area contributed by atoms with Crippen molar-refractivity contribution in [3.8, 4) is 17.0 Å². The Morgan fingerprint density at radius 2 is 1.79 bits per heavy atom. The summed E-state index contributed by atoms with van der Waals surface area (Å²) < 4.78 is 5.01. The zero-order valence-corrected chi connectivity index (χ0v) is 16.9. The highest BCUT2D eigenvalue weighted by Crippen LogP contribution is 2.35. The highest BCUT2D eigenvalue weighted by Gasteiger charge is 2.38. The lowest BCUT2D eigenvalue weighted by Crippen LogP contribution is -2.52. The molecule has 1 aromatic heterocycles. The maximum atomic E-state index is 10.0. The number of nitrogens with one attached hydrogen (secondary N) is 1. The van der Waals surface area contributed by atoms with Gasteiger partial charge in [-0.1, -0.05) is 12.1 Å². The van der Waals surface area contributed by atoms with Gasteiger partial charge in [-0.15, -0.1) is 10.2 Å². The van der Waals surface area contributed by atoms with Crippen LogP contribution in [0.5, 0.6) is 5.75 Å². The molecule has 3 fully saturated rings. The standard InChI is InChI=1S/C17H21N5O.C4H9NO/c1-21-11-6-7-12(21)10-22(9-11)15-8-14(19-20-17(15)18)13-4-2-3-5-16(13)23;1-3-6-4-2-5-1/h2-5,8,11-12,23H,6-7,9-10H2,1H3,(H2,18,20);5H,1-4H2. The van der Waals surface area contributed by atoms with Crippen LogP contribution in [0.15, 0.2) is 30.3 Å². The number of para-hydroxylation sites is 1. The lowest BCUT2D eigenvalue weighted by atomic mass is 10.1. The molecule has 0 spiro atoms. The molecule has 0 aliphatic carbocycles. The van der Waals surface area contributed by atoms with Crippen molar-refractivity contribution in [3.05, 3.63) is 30.3 Å². The number of phenolic OH excluding ortho intramolecular Hbond substituents is 1. The molecule has 5 rings (SSSR count). The van der Waals surface area contributed by atoms with Gasteiger partial charge in [-0.2, -0.15) is 0 Å². The van der Waals surface area contributed by atoms with Gasteiger partial charge in [-0.3, -0.25) is 4.90 Å². The molecule has 4 N–H and O–H groups in total. The fourth-order valence-corrected chi connectivity index (χ4v) is 4.29. The Kier molecular flexibility index (Phi) is 6.13. The summed E-state index contributed by atoms with van der Waals surface area (Å²) in [5.41, 5.74) is 8.34. The van der Waals surface area contributed by atoms with E-state index in [0.29, 0.717) is 29.2 Å². The predicted octanol–water partition coefficient (Wildman–Crippen LogP) is 1.32. The second kappa shape index (κ2) is 8.94. The number of fused-ring (bicyclic) bond motifs is 2. The molecule has 8 heteroatoms. The molecule has 156 valence electrons. The maximum Gasteiger partial charge on any atom is 0.169 e. The van der Waals surface area contributed by atoms with Crippen molar-refractivity contribution >= 4 is 11.5 Å². The van der Waals surface area contributed by atoms with Crippen LogP contribution >= 0.6 is 0 Å². The number of phenols is 1. The van der Waals surface area contributed by atoms with Gasteiger partial charge < -0.3 is 25.8 Å². The van der Waals surface area contributed by atoms with Crippen LogP contribution in [0, 0.1) is 0 Å².